The lowest BCUT2D eigenvalue weighted by atomic mass is 10.3. The molecule has 4 heteroatoms. The average molecular weight is 269 g/mol. The van der Waals surface area contributed by atoms with Gasteiger partial charge in [-0.1, -0.05) is 6.92 Å². The number of thioether (sulfide) groups is 1. The van der Waals surface area contributed by atoms with Crippen molar-refractivity contribution in [2.45, 2.75) is 24.3 Å². The van der Waals surface area contributed by atoms with Gasteiger partial charge in [0, 0.05) is 23.8 Å². The van der Waals surface area contributed by atoms with Crippen molar-refractivity contribution in [2.24, 2.45) is 0 Å². The van der Waals surface area contributed by atoms with Crippen LogP contribution in [0.4, 0.5) is 0 Å². The predicted octanol–water partition coefficient (Wildman–Crippen LogP) is 2.80. The molecule has 0 heterocycles. The first kappa shape index (κ1) is 15.3. The molecule has 3 nitrogen and oxygen atoms in total. The van der Waals surface area contributed by atoms with Crippen molar-refractivity contribution < 1.29 is 9.47 Å². The molecule has 1 rings (SSSR count). The molecule has 0 aliphatic rings. The molecule has 1 unspecified atom stereocenters. The van der Waals surface area contributed by atoms with Gasteiger partial charge in [-0.05, 0) is 37.2 Å². The van der Waals surface area contributed by atoms with Crippen LogP contribution in [0.15, 0.2) is 29.2 Å². The van der Waals surface area contributed by atoms with Gasteiger partial charge in [0.15, 0.2) is 0 Å². The number of methoxy groups -OCH3 is 2. The first-order valence-corrected chi connectivity index (χ1v) is 7.27. The van der Waals surface area contributed by atoms with Crippen LogP contribution in [0, 0.1) is 0 Å². The highest BCUT2D eigenvalue weighted by molar-refractivity contribution is 7.99. The van der Waals surface area contributed by atoms with Gasteiger partial charge in [-0.25, -0.2) is 0 Å². The molecule has 0 saturated carbocycles. The Kier molecular flexibility index (Phi) is 7.89. The molecule has 1 atom stereocenters. The SMILES string of the molecule is CCCNC(COC)CSc1ccc(OC)cc1. The zero-order valence-corrected chi connectivity index (χ0v) is 12.3. The fourth-order valence-electron chi connectivity index (χ4n) is 1.58. The Labute approximate surface area is 114 Å². The van der Waals surface area contributed by atoms with Crippen LogP contribution in [0.3, 0.4) is 0 Å². The van der Waals surface area contributed by atoms with Crippen molar-refractivity contribution in [3.8, 4) is 5.75 Å². The maximum absolute atomic E-state index is 5.23. The van der Waals surface area contributed by atoms with Crippen LogP contribution in [0.25, 0.3) is 0 Å². The van der Waals surface area contributed by atoms with E-state index in [-0.39, 0.29) is 0 Å². The van der Waals surface area contributed by atoms with Crippen LogP contribution in [0.1, 0.15) is 13.3 Å². The fourth-order valence-corrected chi connectivity index (χ4v) is 2.52. The average Bonchev–Trinajstić information content (AvgIpc) is 2.42. The van der Waals surface area contributed by atoms with Gasteiger partial charge in [0.2, 0.25) is 0 Å². The summed E-state index contributed by atoms with van der Waals surface area (Å²) in [5.41, 5.74) is 0. The van der Waals surface area contributed by atoms with Gasteiger partial charge in [-0.3, -0.25) is 0 Å². The fraction of sp³-hybridized carbons (Fsp3) is 0.571. The second-order valence-electron chi connectivity index (χ2n) is 4.09. The molecule has 0 spiro atoms. The van der Waals surface area contributed by atoms with E-state index < -0.39 is 0 Å². The van der Waals surface area contributed by atoms with E-state index in [0.717, 1.165) is 31.1 Å². The van der Waals surface area contributed by atoms with Crippen LogP contribution < -0.4 is 10.1 Å². The minimum Gasteiger partial charge on any atom is -0.497 e. The Morgan fingerprint density at radius 1 is 1.22 bits per heavy atom. The monoisotopic (exact) mass is 269 g/mol. The summed E-state index contributed by atoms with van der Waals surface area (Å²) in [6.07, 6.45) is 1.15. The first-order chi connectivity index (χ1) is 8.80. The van der Waals surface area contributed by atoms with Crippen LogP contribution in [-0.4, -0.2) is 39.2 Å². The highest BCUT2D eigenvalue weighted by Crippen LogP contribution is 2.21. The number of hydrogen-bond acceptors (Lipinski definition) is 4. The molecule has 1 aromatic carbocycles. The predicted molar refractivity (Wildman–Crippen MR) is 77.7 cm³/mol. The van der Waals surface area contributed by atoms with Crippen molar-refractivity contribution in [3.63, 3.8) is 0 Å². The molecule has 0 aliphatic carbocycles. The summed E-state index contributed by atoms with van der Waals surface area (Å²) >= 11 is 1.84. The Bertz CT molecular complexity index is 316. The van der Waals surface area contributed by atoms with Gasteiger partial charge >= 0.3 is 0 Å². The van der Waals surface area contributed by atoms with Gasteiger partial charge in [-0.15, -0.1) is 11.8 Å². The van der Waals surface area contributed by atoms with Crippen LogP contribution in [0.5, 0.6) is 5.75 Å². The van der Waals surface area contributed by atoms with E-state index >= 15 is 0 Å². The maximum atomic E-state index is 5.23. The Morgan fingerprint density at radius 2 is 1.94 bits per heavy atom. The van der Waals surface area contributed by atoms with E-state index in [2.05, 4.69) is 24.4 Å². The number of ether oxygens (including phenoxy) is 2. The summed E-state index contributed by atoms with van der Waals surface area (Å²) in [5.74, 6) is 1.91. The van der Waals surface area contributed by atoms with Gasteiger partial charge < -0.3 is 14.8 Å². The highest BCUT2D eigenvalue weighted by Gasteiger charge is 2.07. The molecule has 0 amide bonds. The Morgan fingerprint density at radius 3 is 2.50 bits per heavy atom. The quantitative estimate of drug-likeness (QED) is 0.698. The lowest BCUT2D eigenvalue weighted by Gasteiger charge is -2.17. The molecule has 0 bridgehead atoms. The molecular formula is C14H23NO2S. The lowest BCUT2D eigenvalue weighted by Crippen LogP contribution is -2.35. The van der Waals surface area contributed by atoms with E-state index in [1.54, 1.807) is 14.2 Å². The number of nitrogens with one attached hydrogen (secondary N) is 1. The summed E-state index contributed by atoms with van der Waals surface area (Å²) in [6.45, 7) is 3.97. The van der Waals surface area contributed by atoms with E-state index in [9.17, 15) is 0 Å². The largest absolute Gasteiger partial charge is 0.497 e. The van der Waals surface area contributed by atoms with Crippen molar-refractivity contribution >= 4 is 11.8 Å². The maximum Gasteiger partial charge on any atom is 0.118 e. The lowest BCUT2D eigenvalue weighted by molar-refractivity contribution is 0.174. The molecule has 0 aromatic heterocycles. The molecule has 0 aliphatic heterocycles. The van der Waals surface area contributed by atoms with Crippen LogP contribution >= 0.6 is 11.8 Å². The van der Waals surface area contributed by atoms with E-state index in [1.165, 1.54) is 4.90 Å². The Hall–Kier alpha value is -0.710. The number of benzene rings is 1. The summed E-state index contributed by atoms with van der Waals surface area (Å²) in [4.78, 5) is 1.26. The minimum atomic E-state index is 0.405. The summed E-state index contributed by atoms with van der Waals surface area (Å²) in [7, 11) is 3.43. The molecule has 0 saturated heterocycles. The van der Waals surface area contributed by atoms with E-state index in [0.29, 0.717) is 6.04 Å². The molecule has 0 radical (unpaired) electrons. The van der Waals surface area contributed by atoms with Crippen molar-refractivity contribution in [3.05, 3.63) is 24.3 Å². The molecule has 102 valence electrons. The normalized spacial score (nSPS) is 12.4. The summed E-state index contributed by atoms with van der Waals surface area (Å²) < 4.78 is 10.4. The topological polar surface area (TPSA) is 30.5 Å². The zero-order chi connectivity index (χ0) is 13.2. The van der Waals surface area contributed by atoms with Gasteiger partial charge in [0.05, 0.1) is 13.7 Å². The van der Waals surface area contributed by atoms with E-state index in [1.807, 2.05) is 23.9 Å². The standard InChI is InChI=1S/C14H23NO2S/c1-4-9-15-12(10-16-2)11-18-14-7-5-13(17-3)6-8-14/h5-8,12,15H,4,9-11H2,1-3H3. The second kappa shape index (κ2) is 9.25. The van der Waals surface area contributed by atoms with Crippen LogP contribution in [-0.2, 0) is 4.74 Å². The molecule has 1 aromatic rings. The molecular weight excluding hydrogens is 246 g/mol. The third kappa shape index (κ3) is 5.76. The minimum absolute atomic E-state index is 0.405. The number of rotatable bonds is 9. The third-order valence-corrected chi connectivity index (χ3v) is 3.74. The third-order valence-electron chi connectivity index (χ3n) is 2.56. The molecule has 18 heavy (non-hydrogen) atoms. The van der Waals surface area contributed by atoms with E-state index in [4.69, 9.17) is 9.47 Å². The van der Waals surface area contributed by atoms with Crippen molar-refractivity contribution in [1.29, 1.82) is 0 Å². The smallest absolute Gasteiger partial charge is 0.118 e. The van der Waals surface area contributed by atoms with Crippen molar-refractivity contribution in [2.75, 3.05) is 33.1 Å². The molecule has 1 N–H and O–H groups in total. The summed E-state index contributed by atoms with van der Waals surface area (Å²) in [5, 5.41) is 3.49. The van der Waals surface area contributed by atoms with Gasteiger partial charge in [-0.2, -0.15) is 0 Å². The summed E-state index contributed by atoms with van der Waals surface area (Å²) in [6, 6.07) is 8.57. The van der Waals surface area contributed by atoms with Crippen LogP contribution in [0.2, 0.25) is 0 Å². The highest BCUT2D eigenvalue weighted by atomic mass is 32.2. The second-order valence-corrected chi connectivity index (χ2v) is 5.19. The van der Waals surface area contributed by atoms with Gasteiger partial charge in [0.25, 0.3) is 0 Å². The molecule has 0 fully saturated rings. The van der Waals surface area contributed by atoms with Crippen molar-refractivity contribution in [1.82, 2.24) is 5.32 Å². The number of hydrogen-bond donors (Lipinski definition) is 1. The first-order valence-electron chi connectivity index (χ1n) is 6.29. The Balaban J connectivity index is 2.39. The van der Waals surface area contributed by atoms with Gasteiger partial charge in [0.1, 0.15) is 5.75 Å². The zero-order valence-electron chi connectivity index (χ0n) is 11.4.